The van der Waals surface area contributed by atoms with Gasteiger partial charge in [-0.2, -0.15) is 0 Å². The Labute approximate surface area is 150 Å². The third-order valence-electron chi connectivity index (χ3n) is 5.36. The van der Waals surface area contributed by atoms with Crippen LogP contribution in [0.15, 0.2) is 24.3 Å². The molecule has 0 aromatic heterocycles. The number of amides is 1. The van der Waals surface area contributed by atoms with E-state index in [4.69, 9.17) is 9.78 Å². The van der Waals surface area contributed by atoms with Crippen LogP contribution in [0.2, 0.25) is 0 Å². The van der Waals surface area contributed by atoms with Gasteiger partial charge in [-0.3, -0.25) is 4.79 Å². The standard InChI is InChI=1S/C20H30N2O3/c1-19(15-20(25-24-19)11-5-4-6-12-20)13-18(23)21-14-16-7-9-17(10-8-16)22(2)3/h7-10H,4-6,11-15H2,1-3H3,(H,21,23). The van der Waals surface area contributed by atoms with Crippen LogP contribution in [0.25, 0.3) is 0 Å². The van der Waals surface area contributed by atoms with Crippen molar-refractivity contribution in [2.45, 2.75) is 69.6 Å². The Morgan fingerprint density at radius 2 is 1.80 bits per heavy atom. The third-order valence-corrected chi connectivity index (χ3v) is 5.36. The molecule has 1 aromatic rings. The van der Waals surface area contributed by atoms with Crippen molar-refractivity contribution in [3.63, 3.8) is 0 Å². The summed E-state index contributed by atoms with van der Waals surface area (Å²) in [6.07, 6.45) is 6.89. The summed E-state index contributed by atoms with van der Waals surface area (Å²) in [6.45, 7) is 2.52. The van der Waals surface area contributed by atoms with E-state index in [1.54, 1.807) is 0 Å². The minimum Gasteiger partial charge on any atom is -0.378 e. The Bertz CT molecular complexity index is 593. The molecule has 1 aromatic carbocycles. The van der Waals surface area contributed by atoms with Crippen molar-refractivity contribution in [2.75, 3.05) is 19.0 Å². The molecule has 1 unspecified atom stereocenters. The number of rotatable bonds is 5. The quantitative estimate of drug-likeness (QED) is 0.828. The van der Waals surface area contributed by atoms with Crippen molar-refractivity contribution < 1.29 is 14.6 Å². The monoisotopic (exact) mass is 346 g/mol. The van der Waals surface area contributed by atoms with Crippen molar-refractivity contribution in [1.29, 1.82) is 0 Å². The van der Waals surface area contributed by atoms with Gasteiger partial charge in [-0.1, -0.05) is 31.4 Å². The van der Waals surface area contributed by atoms with E-state index in [9.17, 15) is 4.79 Å². The fourth-order valence-electron chi connectivity index (χ4n) is 3.99. The fraction of sp³-hybridized carbons (Fsp3) is 0.650. The number of hydrogen-bond acceptors (Lipinski definition) is 4. The first-order valence-electron chi connectivity index (χ1n) is 9.30. The second kappa shape index (κ2) is 7.34. The highest BCUT2D eigenvalue weighted by Crippen LogP contribution is 2.46. The van der Waals surface area contributed by atoms with Crippen molar-refractivity contribution in [3.05, 3.63) is 29.8 Å². The van der Waals surface area contributed by atoms with E-state index < -0.39 is 5.60 Å². The second-order valence-corrected chi connectivity index (χ2v) is 8.05. The lowest BCUT2D eigenvalue weighted by Crippen LogP contribution is -2.37. The number of carbonyl (C=O) groups excluding carboxylic acids is 1. The molecule has 2 fully saturated rings. The molecule has 5 nitrogen and oxygen atoms in total. The van der Waals surface area contributed by atoms with Gasteiger partial charge in [-0.05, 0) is 37.5 Å². The van der Waals surface area contributed by atoms with Gasteiger partial charge in [0, 0.05) is 32.7 Å². The molecule has 1 heterocycles. The summed E-state index contributed by atoms with van der Waals surface area (Å²) in [6, 6.07) is 8.21. The van der Waals surface area contributed by atoms with E-state index in [1.165, 1.54) is 19.3 Å². The maximum absolute atomic E-state index is 12.4. The lowest BCUT2D eigenvalue weighted by molar-refractivity contribution is -0.351. The topological polar surface area (TPSA) is 50.8 Å². The molecule has 0 radical (unpaired) electrons. The van der Waals surface area contributed by atoms with Crippen LogP contribution in [0.4, 0.5) is 5.69 Å². The summed E-state index contributed by atoms with van der Waals surface area (Å²) in [5.41, 5.74) is 1.57. The van der Waals surface area contributed by atoms with Gasteiger partial charge in [0.2, 0.25) is 5.91 Å². The van der Waals surface area contributed by atoms with Crippen LogP contribution in [-0.2, 0) is 21.1 Å². The summed E-state index contributed by atoms with van der Waals surface area (Å²) in [5, 5.41) is 3.00. The van der Waals surface area contributed by atoms with E-state index in [2.05, 4.69) is 22.3 Å². The molecule has 1 saturated carbocycles. The number of nitrogens with zero attached hydrogens (tertiary/aromatic N) is 1. The summed E-state index contributed by atoms with van der Waals surface area (Å²) in [7, 11) is 4.03. The highest BCUT2D eigenvalue weighted by atomic mass is 17.2. The van der Waals surface area contributed by atoms with E-state index in [0.29, 0.717) is 13.0 Å². The summed E-state index contributed by atoms with van der Waals surface area (Å²) in [5.74, 6) is 0.00986. The summed E-state index contributed by atoms with van der Waals surface area (Å²) in [4.78, 5) is 25.8. The minimum atomic E-state index is -0.518. The van der Waals surface area contributed by atoms with Gasteiger partial charge >= 0.3 is 0 Å². The number of anilines is 1. The third kappa shape index (κ3) is 4.53. The molecule has 5 heteroatoms. The van der Waals surface area contributed by atoms with Crippen LogP contribution in [0.1, 0.15) is 57.4 Å². The van der Waals surface area contributed by atoms with Crippen LogP contribution in [0, 0.1) is 0 Å². The fourth-order valence-corrected chi connectivity index (χ4v) is 3.99. The van der Waals surface area contributed by atoms with Crippen LogP contribution in [0.3, 0.4) is 0 Å². The van der Waals surface area contributed by atoms with E-state index in [-0.39, 0.29) is 11.5 Å². The Morgan fingerprint density at radius 3 is 2.44 bits per heavy atom. The van der Waals surface area contributed by atoms with Crippen molar-refractivity contribution in [3.8, 4) is 0 Å². The van der Waals surface area contributed by atoms with Crippen molar-refractivity contribution in [1.82, 2.24) is 5.32 Å². The molecule has 1 atom stereocenters. The van der Waals surface area contributed by atoms with Crippen molar-refractivity contribution in [2.24, 2.45) is 0 Å². The zero-order valence-corrected chi connectivity index (χ0v) is 15.6. The molecule has 138 valence electrons. The van der Waals surface area contributed by atoms with Gasteiger partial charge in [0.25, 0.3) is 0 Å². The molecule has 25 heavy (non-hydrogen) atoms. The molecule has 1 amide bonds. The van der Waals surface area contributed by atoms with Gasteiger partial charge < -0.3 is 10.2 Å². The molecular weight excluding hydrogens is 316 g/mol. The van der Waals surface area contributed by atoms with Crippen LogP contribution in [0.5, 0.6) is 0 Å². The molecule has 1 N–H and O–H groups in total. The predicted molar refractivity (Wildman–Crippen MR) is 98.2 cm³/mol. The first kappa shape index (κ1) is 18.2. The molecule has 1 spiro atoms. The molecule has 1 aliphatic carbocycles. The number of benzene rings is 1. The average Bonchev–Trinajstić information content (AvgIpc) is 2.90. The summed E-state index contributed by atoms with van der Waals surface area (Å²) >= 11 is 0. The molecular formula is C20H30N2O3. The Morgan fingerprint density at radius 1 is 1.12 bits per heavy atom. The molecule has 3 rings (SSSR count). The highest BCUT2D eigenvalue weighted by molar-refractivity contribution is 5.77. The average molecular weight is 346 g/mol. The Hall–Kier alpha value is -1.59. The highest BCUT2D eigenvalue weighted by Gasteiger charge is 2.50. The van der Waals surface area contributed by atoms with Crippen LogP contribution >= 0.6 is 0 Å². The van der Waals surface area contributed by atoms with E-state index in [0.717, 1.165) is 30.5 Å². The molecule has 1 aliphatic heterocycles. The van der Waals surface area contributed by atoms with E-state index >= 15 is 0 Å². The van der Waals surface area contributed by atoms with Crippen molar-refractivity contribution >= 4 is 11.6 Å². The Kier molecular flexibility index (Phi) is 5.35. The predicted octanol–water partition coefficient (Wildman–Crippen LogP) is 3.57. The number of nitrogens with one attached hydrogen (secondary N) is 1. The first-order chi connectivity index (χ1) is 11.9. The first-order valence-corrected chi connectivity index (χ1v) is 9.30. The number of carbonyl (C=O) groups is 1. The molecule has 1 saturated heterocycles. The molecule has 2 aliphatic rings. The normalized spacial score (nSPS) is 25.1. The zero-order chi connectivity index (χ0) is 17.9. The van der Waals surface area contributed by atoms with Gasteiger partial charge in [0.1, 0.15) is 11.2 Å². The van der Waals surface area contributed by atoms with Crippen LogP contribution in [-0.4, -0.2) is 31.2 Å². The van der Waals surface area contributed by atoms with E-state index in [1.807, 2.05) is 33.2 Å². The lowest BCUT2D eigenvalue weighted by Gasteiger charge is -2.30. The summed E-state index contributed by atoms with van der Waals surface area (Å²) < 4.78 is 0. The maximum Gasteiger partial charge on any atom is 0.223 e. The Balaban J connectivity index is 1.49. The zero-order valence-electron chi connectivity index (χ0n) is 15.6. The van der Waals surface area contributed by atoms with Crippen LogP contribution < -0.4 is 10.2 Å². The van der Waals surface area contributed by atoms with Gasteiger partial charge in [0.15, 0.2) is 0 Å². The minimum absolute atomic E-state index is 0.00986. The van der Waals surface area contributed by atoms with Gasteiger partial charge in [-0.15, -0.1) is 0 Å². The van der Waals surface area contributed by atoms with Gasteiger partial charge in [-0.25, -0.2) is 9.78 Å². The SMILES string of the molecule is CN(C)c1ccc(CNC(=O)CC2(C)CC3(CCCCC3)OO2)cc1. The largest absolute Gasteiger partial charge is 0.378 e. The number of hydrogen-bond donors (Lipinski definition) is 1. The second-order valence-electron chi connectivity index (χ2n) is 8.05. The lowest BCUT2D eigenvalue weighted by atomic mass is 9.77. The smallest absolute Gasteiger partial charge is 0.223 e. The maximum atomic E-state index is 12.4. The van der Waals surface area contributed by atoms with Gasteiger partial charge in [0.05, 0.1) is 6.42 Å². The molecule has 0 bridgehead atoms.